The fourth-order valence-corrected chi connectivity index (χ4v) is 2.34. The lowest BCUT2D eigenvalue weighted by Crippen LogP contribution is -2.35. The molecule has 1 aliphatic heterocycles. The summed E-state index contributed by atoms with van der Waals surface area (Å²) in [5, 5.41) is 6.35. The van der Waals surface area contributed by atoms with Crippen LogP contribution in [0.4, 0.5) is 0 Å². The molecule has 0 radical (unpaired) electrons. The number of nitrogens with one attached hydrogen (secondary N) is 2. The van der Waals surface area contributed by atoms with Crippen LogP contribution in [0.2, 0.25) is 0 Å². The molecule has 0 aromatic rings. The Labute approximate surface area is 104 Å². The van der Waals surface area contributed by atoms with Gasteiger partial charge in [-0.2, -0.15) is 0 Å². The summed E-state index contributed by atoms with van der Waals surface area (Å²) in [5.74, 6) is 1.32. The van der Waals surface area contributed by atoms with Crippen LogP contribution in [0.15, 0.2) is 0 Å². The Morgan fingerprint density at radius 3 is 3.06 bits per heavy atom. The number of carbonyl (C=O) groups is 1. The first-order chi connectivity index (χ1) is 8.24. The molecule has 1 fully saturated rings. The standard InChI is InChI=1S/C13H26N2O2/c1-11(12-5-3-6-14-10-12)9-13(16)15-7-4-8-17-2/h11-12,14H,3-10H2,1-2H3,(H,15,16). The van der Waals surface area contributed by atoms with E-state index in [0.717, 1.165) is 26.1 Å². The monoisotopic (exact) mass is 242 g/mol. The summed E-state index contributed by atoms with van der Waals surface area (Å²) in [6.45, 7) is 5.82. The predicted molar refractivity (Wildman–Crippen MR) is 68.9 cm³/mol. The number of piperidine rings is 1. The molecule has 0 aliphatic carbocycles. The average Bonchev–Trinajstić information content (AvgIpc) is 2.36. The van der Waals surface area contributed by atoms with Crippen molar-refractivity contribution in [2.75, 3.05) is 33.4 Å². The van der Waals surface area contributed by atoms with Crippen LogP contribution in [0.1, 0.15) is 32.6 Å². The van der Waals surface area contributed by atoms with Gasteiger partial charge in [-0.3, -0.25) is 4.79 Å². The van der Waals surface area contributed by atoms with Crippen LogP contribution in [0.5, 0.6) is 0 Å². The summed E-state index contributed by atoms with van der Waals surface area (Å²) >= 11 is 0. The van der Waals surface area contributed by atoms with Gasteiger partial charge in [-0.05, 0) is 44.2 Å². The van der Waals surface area contributed by atoms with Crippen LogP contribution in [-0.4, -0.2) is 39.3 Å². The van der Waals surface area contributed by atoms with Crippen molar-refractivity contribution < 1.29 is 9.53 Å². The van der Waals surface area contributed by atoms with Gasteiger partial charge in [0.2, 0.25) is 5.91 Å². The molecule has 100 valence electrons. The lowest BCUT2D eigenvalue weighted by molar-refractivity contribution is -0.122. The Bertz CT molecular complexity index is 215. The van der Waals surface area contributed by atoms with Gasteiger partial charge in [0.05, 0.1) is 0 Å². The molecule has 1 rings (SSSR count). The first-order valence-corrected chi connectivity index (χ1v) is 6.70. The van der Waals surface area contributed by atoms with Gasteiger partial charge in [0, 0.05) is 26.7 Å². The van der Waals surface area contributed by atoms with Gasteiger partial charge in [-0.1, -0.05) is 6.92 Å². The predicted octanol–water partition coefficient (Wildman–Crippen LogP) is 1.16. The molecule has 2 N–H and O–H groups in total. The molecule has 0 spiro atoms. The van der Waals surface area contributed by atoms with Crippen molar-refractivity contribution in [3.05, 3.63) is 0 Å². The zero-order valence-corrected chi connectivity index (χ0v) is 11.1. The first-order valence-electron chi connectivity index (χ1n) is 6.70. The van der Waals surface area contributed by atoms with Crippen molar-refractivity contribution in [3.8, 4) is 0 Å². The molecule has 0 bridgehead atoms. The quantitative estimate of drug-likeness (QED) is 0.659. The number of ether oxygens (including phenoxy) is 1. The van der Waals surface area contributed by atoms with E-state index in [1.807, 2.05) is 0 Å². The van der Waals surface area contributed by atoms with E-state index in [2.05, 4.69) is 17.6 Å². The van der Waals surface area contributed by atoms with Crippen molar-refractivity contribution in [2.24, 2.45) is 11.8 Å². The van der Waals surface area contributed by atoms with Crippen LogP contribution >= 0.6 is 0 Å². The van der Waals surface area contributed by atoms with E-state index in [-0.39, 0.29) is 5.91 Å². The summed E-state index contributed by atoms with van der Waals surface area (Å²) < 4.78 is 4.94. The van der Waals surface area contributed by atoms with Crippen molar-refractivity contribution in [2.45, 2.75) is 32.6 Å². The zero-order valence-electron chi connectivity index (χ0n) is 11.1. The van der Waals surface area contributed by atoms with E-state index in [9.17, 15) is 4.79 Å². The minimum Gasteiger partial charge on any atom is -0.385 e. The van der Waals surface area contributed by atoms with E-state index in [1.165, 1.54) is 12.8 Å². The van der Waals surface area contributed by atoms with E-state index >= 15 is 0 Å². The van der Waals surface area contributed by atoms with Crippen LogP contribution in [0.25, 0.3) is 0 Å². The molecule has 0 saturated carbocycles. The highest BCUT2D eigenvalue weighted by Crippen LogP contribution is 2.22. The molecule has 4 heteroatoms. The Morgan fingerprint density at radius 1 is 1.59 bits per heavy atom. The van der Waals surface area contributed by atoms with Crippen LogP contribution in [0.3, 0.4) is 0 Å². The molecule has 1 amide bonds. The average molecular weight is 242 g/mol. The Kier molecular flexibility index (Phi) is 7.21. The molecule has 0 aromatic heterocycles. The van der Waals surface area contributed by atoms with Crippen molar-refractivity contribution >= 4 is 5.91 Å². The van der Waals surface area contributed by atoms with Gasteiger partial charge in [0.15, 0.2) is 0 Å². The van der Waals surface area contributed by atoms with Crippen molar-refractivity contribution in [1.82, 2.24) is 10.6 Å². The van der Waals surface area contributed by atoms with Crippen molar-refractivity contribution in [1.29, 1.82) is 0 Å². The van der Waals surface area contributed by atoms with Gasteiger partial charge in [-0.25, -0.2) is 0 Å². The Balaban J connectivity index is 2.11. The van der Waals surface area contributed by atoms with Crippen LogP contribution < -0.4 is 10.6 Å². The number of rotatable bonds is 7. The molecule has 1 aliphatic rings. The normalized spacial score (nSPS) is 22.1. The summed E-state index contributed by atoms with van der Waals surface area (Å²) in [6.07, 6.45) is 4.04. The smallest absolute Gasteiger partial charge is 0.220 e. The molecule has 2 unspecified atom stereocenters. The van der Waals surface area contributed by atoms with Gasteiger partial charge in [0.25, 0.3) is 0 Å². The third kappa shape index (κ3) is 6.03. The van der Waals surface area contributed by atoms with Crippen LogP contribution in [0, 0.1) is 11.8 Å². The SMILES string of the molecule is COCCCNC(=O)CC(C)C1CCCNC1. The van der Waals surface area contributed by atoms with E-state index in [1.54, 1.807) is 7.11 Å². The second-order valence-electron chi connectivity index (χ2n) is 4.98. The maximum Gasteiger partial charge on any atom is 0.220 e. The molecule has 0 aromatic carbocycles. The number of hydrogen-bond donors (Lipinski definition) is 2. The Hall–Kier alpha value is -0.610. The zero-order chi connectivity index (χ0) is 12.5. The highest BCUT2D eigenvalue weighted by molar-refractivity contribution is 5.76. The topological polar surface area (TPSA) is 50.4 Å². The van der Waals surface area contributed by atoms with E-state index in [0.29, 0.717) is 24.9 Å². The minimum absolute atomic E-state index is 0.180. The fraction of sp³-hybridized carbons (Fsp3) is 0.923. The molecule has 1 heterocycles. The molecular weight excluding hydrogens is 216 g/mol. The highest BCUT2D eigenvalue weighted by Gasteiger charge is 2.21. The third-order valence-electron chi connectivity index (χ3n) is 3.49. The highest BCUT2D eigenvalue weighted by atomic mass is 16.5. The lowest BCUT2D eigenvalue weighted by Gasteiger charge is -2.28. The van der Waals surface area contributed by atoms with Crippen LogP contribution in [-0.2, 0) is 9.53 Å². The number of hydrogen-bond acceptors (Lipinski definition) is 3. The largest absolute Gasteiger partial charge is 0.385 e. The maximum atomic E-state index is 11.7. The van der Waals surface area contributed by atoms with Gasteiger partial charge >= 0.3 is 0 Å². The maximum absolute atomic E-state index is 11.7. The second-order valence-corrected chi connectivity index (χ2v) is 4.98. The minimum atomic E-state index is 0.180. The van der Waals surface area contributed by atoms with Crippen molar-refractivity contribution in [3.63, 3.8) is 0 Å². The molecule has 1 saturated heterocycles. The molecule has 2 atom stereocenters. The van der Waals surface area contributed by atoms with Gasteiger partial charge in [0.1, 0.15) is 0 Å². The number of amides is 1. The van der Waals surface area contributed by atoms with Gasteiger partial charge in [-0.15, -0.1) is 0 Å². The van der Waals surface area contributed by atoms with E-state index in [4.69, 9.17) is 4.74 Å². The molecule has 4 nitrogen and oxygen atoms in total. The third-order valence-corrected chi connectivity index (χ3v) is 3.49. The molecule has 17 heavy (non-hydrogen) atoms. The summed E-state index contributed by atoms with van der Waals surface area (Å²) in [5.41, 5.74) is 0. The summed E-state index contributed by atoms with van der Waals surface area (Å²) in [6, 6.07) is 0. The second kappa shape index (κ2) is 8.48. The Morgan fingerprint density at radius 2 is 2.41 bits per heavy atom. The number of methoxy groups -OCH3 is 1. The summed E-state index contributed by atoms with van der Waals surface area (Å²) in [4.78, 5) is 11.7. The fourth-order valence-electron chi connectivity index (χ4n) is 2.34. The first kappa shape index (κ1) is 14.5. The van der Waals surface area contributed by atoms with E-state index < -0.39 is 0 Å². The van der Waals surface area contributed by atoms with Gasteiger partial charge < -0.3 is 15.4 Å². The number of carbonyl (C=O) groups excluding carboxylic acids is 1. The lowest BCUT2D eigenvalue weighted by atomic mass is 9.85. The summed E-state index contributed by atoms with van der Waals surface area (Å²) in [7, 11) is 1.68. The molecular formula is C13H26N2O2.